The van der Waals surface area contributed by atoms with Crippen molar-refractivity contribution in [2.45, 2.75) is 12.3 Å². The van der Waals surface area contributed by atoms with Crippen LogP contribution < -0.4 is 0 Å². The summed E-state index contributed by atoms with van der Waals surface area (Å²) >= 11 is 0. The van der Waals surface area contributed by atoms with E-state index < -0.39 is 80.8 Å². The van der Waals surface area contributed by atoms with Gasteiger partial charge in [-0.15, -0.1) is 0 Å². The molecule has 2 atom stereocenters. The molecule has 0 saturated heterocycles. The molecule has 0 saturated carbocycles. The number of hydrogen-bond donors (Lipinski definition) is 0. The lowest BCUT2D eigenvalue weighted by Gasteiger charge is -2.24. The zero-order chi connectivity index (χ0) is 18.1. The first kappa shape index (κ1) is 16.6. The van der Waals surface area contributed by atoms with E-state index in [1.165, 1.54) is 0 Å². The van der Waals surface area contributed by atoms with Gasteiger partial charge in [0.1, 0.15) is 0 Å². The summed E-state index contributed by atoms with van der Waals surface area (Å²) in [5.41, 5.74) is -3.48. The molecule has 2 aromatic rings. The summed E-state index contributed by atoms with van der Waals surface area (Å²) in [5, 5.41) is -3.63. The van der Waals surface area contributed by atoms with Crippen LogP contribution in [-0.4, -0.2) is 0 Å². The van der Waals surface area contributed by atoms with Crippen LogP contribution in [0.4, 0.5) is 43.9 Å². The van der Waals surface area contributed by atoms with Crippen LogP contribution in [0.5, 0.6) is 0 Å². The van der Waals surface area contributed by atoms with Crippen molar-refractivity contribution < 1.29 is 43.9 Å². The van der Waals surface area contributed by atoms with E-state index in [9.17, 15) is 43.9 Å². The van der Waals surface area contributed by atoms with E-state index in [4.69, 9.17) is 0 Å². The summed E-state index contributed by atoms with van der Waals surface area (Å²) in [6.07, 6.45) is -6.75. The summed E-state index contributed by atoms with van der Waals surface area (Å²) in [4.78, 5) is 0. The first-order chi connectivity index (χ1) is 11.1. The van der Waals surface area contributed by atoms with Crippen molar-refractivity contribution >= 4 is 10.8 Å². The molecule has 0 spiro atoms. The highest BCUT2D eigenvalue weighted by atomic mass is 19.2. The number of fused-ring (bicyclic) bond motifs is 3. The predicted octanol–water partition coefficient (Wildman–Crippen LogP) is 5.86. The average molecular weight is 360 g/mol. The second-order valence-corrected chi connectivity index (χ2v) is 4.88. The normalized spacial score (nSPS) is 20.8. The fourth-order valence-electron chi connectivity index (χ4n) is 2.58. The summed E-state index contributed by atoms with van der Waals surface area (Å²) in [7, 11) is 0. The molecule has 0 nitrogen and oxygen atoms in total. The first-order valence-electron chi connectivity index (χ1n) is 6.10. The highest BCUT2D eigenvalue weighted by Gasteiger charge is 2.43. The number of rotatable bonds is 0. The van der Waals surface area contributed by atoms with Gasteiger partial charge in [0.05, 0.1) is 5.39 Å². The zero-order valence-corrected chi connectivity index (χ0v) is 10.9. The minimum atomic E-state index is -3.37. The molecule has 1 aliphatic carbocycles. The fourth-order valence-corrected chi connectivity index (χ4v) is 2.58. The standard InChI is InChI=1S/C14H2F10/c15-5-1-2-4(10(20)14(24)12(22)6(2)16)8(18)7(17)3(1)9(19)13(23)11(5)21/h5,9H. The van der Waals surface area contributed by atoms with Gasteiger partial charge in [0.25, 0.3) is 0 Å². The van der Waals surface area contributed by atoms with Crippen molar-refractivity contribution in [2.24, 2.45) is 0 Å². The molecule has 0 aromatic heterocycles. The Kier molecular flexibility index (Phi) is 3.54. The third-order valence-electron chi connectivity index (χ3n) is 3.66. The van der Waals surface area contributed by atoms with Gasteiger partial charge < -0.3 is 0 Å². The maximum absolute atomic E-state index is 13.9. The molecule has 0 fully saturated rings. The van der Waals surface area contributed by atoms with Crippen molar-refractivity contribution in [3.63, 3.8) is 0 Å². The van der Waals surface area contributed by atoms with Crippen molar-refractivity contribution in [3.8, 4) is 0 Å². The van der Waals surface area contributed by atoms with Crippen LogP contribution in [-0.2, 0) is 0 Å². The van der Waals surface area contributed by atoms with Gasteiger partial charge in [0.15, 0.2) is 58.9 Å². The van der Waals surface area contributed by atoms with Gasteiger partial charge in [-0.05, 0) is 0 Å². The van der Waals surface area contributed by atoms with Crippen LogP contribution in [0, 0.1) is 34.9 Å². The lowest BCUT2D eigenvalue weighted by molar-refractivity contribution is 0.243. The Hall–Kier alpha value is -2.26. The van der Waals surface area contributed by atoms with E-state index in [0.717, 1.165) is 0 Å². The van der Waals surface area contributed by atoms with Gasteiger partial charge in [-0.25, -0.2) is 43.9 Å². The molecule has 24 heavy (non-hydrogen) atoms. The van der Waals surface area contributed by atoms with Gasteiger partial charge in [-0.3, -0.25) is 0 Å². The van der Waals surface area contributed by atoms with Crippen LogP contribution >= 0.6 is 0 Å². The molecule has 10 heteroatoms. The van der Waals surface area contributed by atoms with Gasteiger partial charge >= 0.3 is 0 Å². The molecule has 1 aliphatic rings. The minimum absolute atomic E-state index is 1.69. The molecule has 128 valence electrons. The molecular weight excluding hydrogens is 358 g/mol. The topological polar surface area (TPSA) is 0 Å². The average Bonchev–Trinajstić information content (AvgIpc) is 2.56. The number of hydrogen-bond acceptors (Lipinski definition) is 0. The van der Waals surface area contributed by atoms with E-state index >= 15 is 0 Å². The quantitative estimate of drug-likeness (QED) is 0.314. The van der Waals surface area contributed by atoms with Crippen molar-refractivity contribution in [1.82, 2.24) is 0 Å². The largest absolute Gasteiger partial charge is 0.234 e. The van der Waals surface area contributed by atoms with Crippen molar-refractivity contribution in [3.05, 3.63) is 57.7 Å². The monoisotopic (exact) mass is 360 g/mol. The van der Waals surface area contributed by atoms with Crippen LogP contribution in [0.25, 0.3) is 10.8 Å². The third kappa shape index (κ3) is 1.82. The summed E-state index contributed by atoms with van der Waals surface area (Å²) in [6.45, 7) is 0. The molecule has 0 bridgehead atoms. The second-order valence-electron chi connectivity index (χ2n) is 4.88. The van der Waals surface area contributed by atoms with E-state index in [1.807, 2.05) is 0 Å². The molecule has 0 radical (unpaired) electrons. The maximum atomic E-state index is 13.9. The Morgan fingerprint density at radius 1 is 0.417 bits per heavy atom. The highest BCUT2D eigenvalue weighted by Crippen LogP contribution is 2.50. The van der Waals surface area contributed by atoms with E-state index in [1.54, 1.807) is 0 Å². The zero-order valence-electron chi connectivity index (χ0n) is 10.9. The molecule has 3 rings (SSSR count). The van der Waals surface area contributed by atoms with Gasteiger partial charge in [0, 0.05) is 16.5 Å². The smallest absolute Gasteiger partial charge is 0.198 e. The maximum Gasteiger partial charge on any atom is 0.198 e. The molecule has 0 aliphatic heterocycles. The number of halogens is 10. The summed E-state index contributed by atoms with van der Waals surface area (Å²) in [5.74, 6) is -19.5. The molecule has 2 aromatic carbocycles. The van der Waals surface area contributed by atoms with Crippen molar-refractivity contribution in [1.29, 1.82) is 0 Å². The Morgan fingerprint density at radius 2 is 0.792 bits per heavy atom. The SMILES string of the molecule is FC1=C(F)C(F)c2c(c(F)c(F)c3c(F)c(F)c(F)c(F)c23)C1F. The Bertz CT molecular complexity index is 930. The van der Waals surface area contributed by atoms with Gasteiger partial charge in [-0.1, -0.05) is 0 Å². The van der Waals surface area contributed by atoms with Crippen LogP contribution in [0.3, 0.4) is 0 Å². The Morgan fingerprint density at radius 3 is 1.29 bits per heavy atom. The number of benzene rings is 2. The van der Waals surface area contributed by atoms with E-state index in [-0.39, 0.29) is 0 Å². The minimum Gasteiger partial charge on any atom is -0.234 e. The molecule has 2 unspecified atom stereocenters. The molecule has 0 heterocycles. The fraction of sp³-hybridized carbons (Fsp3) is 0.143. The molecule has 0 N–H and O–H groups in total. The first-order valence-corrected chi connectivity index (χ1v) is 6.10. The second kappa shape index (κ2) is 5.12. The lowest BCUT2D eigenvalue weighted by atomic mass is 9.86. The van der Waals surface area contributed by atoms with Crippen molar-refractivity contribution in [2.75, 3.05) is 0 Å². The van der Waals surface area contributed by atoms with Gasteiger partial charge in [-0.2, -0.15) is 0 Å². The number of allylic oxidation sites excluding steroid dienone is 2. The molecular formula is C14H2F10. The van der Waals surface area contributed by atoms with Crippen LogP contribution in [0.1, 0.15) is 23.5 Å². The third-order valence-corrected chi connectivity index (χ3v) is 3.66. The summed E-state index contributed by atoms with van der Waals surface area (Å²) in [6, 6.07) is 0. The Balaban J connectivity index is 2.65. The predicted molar refractivity (Wildman–Crippen MR) is 60.6 cm³/mol. The molecule has 0 amide bonds. The highest BCUT2D eigenvalue weighted by molar-refractivity contribution is 5.90. The Labute approximate surface area is 126 Å². The van der Waals surface area contributed by atoms with E-state index in [0.29, 0.717) is 0 Å². The van der Waals surface area contributed by atoms with Gasteiger partial charge in [0.2, 0.25) is 0 Å². The lowest BCUT2D eigenvalue weighted by Crippen LogP contribution is -2.17. The van der Waals surface area contributed by atoms with Crippen LogP contribution in [0.2, 0.25) is 0 Å². The van der Waals surface area contributed by atoms with Crippen LogP contribution in [0.15, 0.2) is 11.7 Å². The van der Waals surface area contributed by atoms with E-state index in [2.05, 4.69) is 0 Å². The number of alkyl halides is 2. The summed E-state index contributed by atoms with van der Waals surface area (Å²) < 4.78 is 136.